The minimum absolute atomic E-state index is 0.240. The standard InChI is InChI=1S/C14H10Cl2O3/c1-8-6-10(3-4-11(8)14(17)18)19-13-7-9(15)2-5-12(13)16/h2-7H,1H3,(H,17,18). The van der Waals surface area contributed by atoms with Crippen molar-refractivity contribution in [3.8, 4) is 11.5 Å². The first kappa shape index (κ1) is 13.7. The summed E-state index contributed by atoms with van der Waals surface area (Å²) in [6.45, 7) is 1.70. The maximum atomic E-state index is 10.9. The second kappa shape index (κ2) is 5.51. The SMILES string of the molecule is Cc1cc(Oc2cc(Cl)ccc2Cl)ccc1C(=O)O. The number of hydrogen-bond acceptors (Lipinski definition) is 2. The molecule has 1 N–H and O–H groups in total. The van der Waals surface area contributed by atoms with Crippen molar-refractivity contribution in [1.82, 2.24) is 0 Å². The molecular weight excluding hydrogens is 287 g/mol. The van der Waals surface area contributed by atoms with Gasteiger partial charge < -0.3 is 9.84 Å². The third-order valence-electron chi connectivity index (χ3n) is 2.55. The highest BCUT2D eigenvalue weighted by Gasteiger charge is 2.09. The summed E-state index contributed by atoms with van der Waals surface area (Å²) < 4.78 is 5.60. The average Bonchev–Trinajstić information content (AvgIpc) is 2.33. The van der Waals surface area contributed by atoms with E-state index in [0.717, 1.165) is 0 Å². The fourth-order valence-electron chi connectivity index (χ4n) is 1.62. The van der Waals surface area contributed by atoms with Gasteiger partial charge in [0.2, 0.25) is 0 Å². The maximum Gasteiger partial charge on any atom is 0.335 e. The Balaban J connectivity index is 2.31. The summed E-state index contributed by atoms with van der Waals surface area (Å²) in [5.41, 5.74) is 0.854. The molecule has 2 rings (SSSR count). The van der Waals surface area contributed by atoms with Crippen molar-refractivity contribution in [2.24, 2.45) is 0 Å². The molecule has 0 heterocycles. The number of ether oxygens (including phenoxy) is 1. The Morgan fingerprint density at radius 2 is 1.89 bits per heavy atom. The Labute approximate surface area is 120 Å². The van der Waals surface area contributed by atoms with Crippen LogP contribution in [-0.2, 0) is 0 Å². The van der Waals surface area contributed by atoms with E-state index in [1.807, 2.05) is 0 Å². The molecule has 2 aromatic carbocycles. The molecule has 2 aromatic rings. The normalized spacial score (nSPS) is 10.3. The Bertz CT molecular complexity index is 639. The van der Waals surface area contributed by atoms with Gasteiger partial charge in [-0.15, -0.1) is 0 Å². The largest absolute Gasteiger partial charge is 0.478 e. The smallest absolute Gasteiger partial charge is 0.335 e. The lowest BCUT2D eigenvalue weighted by Gasteiger charge is -2.09. The highest BCUT2D eigenvalue weighted by Crippen LogP contribution is 2.32. The van der Waals surface area contributed by atoms with Gasteiger partial charge in [-0.25, -0.2) is 4.79 Å². The van der Waals surface area contributed by atoms with Crippen LogP contribution in [0.1, 0.15) is 15.9 Å². The number of aromatic carboxylic acids is 1. The van der Waals surface area contributed by atoms with Crippen LogP contribution in [0, 0.1) is 6.92 Å². The van der Waals surface area contributed by atoms with Gasteiger partial charge in [0.15, 0.2) is 0 Å². The van der Waals surface area contributed by atoms with E-state index in [4.69, 9.17) is 33.0 Å². The van der Waals surface area contributed by atoms with E-state index in [2.05, 4.69) is 0 Å². The van der Waals surface area contributed by atoms with Crippen LogP contribution < -0.4 is 4.74 Å². The van der Waals surface area contributed by atoms with Gasteiger partial charge in [0.05, 0.1) is 10.6 Å². The lowest BCUT2D eigenvalue weighted by atomic mass is 10.1. The van der Waals surface area contributed by atoms with Gasteiger partial charge >= 0.3 is 5.97 Å². The molecule has 0 saturated heterocycles. The van der Waals surface area contributed by atoms with Gasteiger partial charge in [-0.1, -0.05) is 23.2 Å². The summed E-state index contributed by atoms with van der Waals surface area (Å²) in [6, 6.07) is 9.61. The highest BCUT2D eigenvalue weighted by molar-refractivity contribution is 6.34. The van der Waals surface area contributed by atoms with Crippen LogP contribution >= 0.6 is 23.2 Å². The molecule has 0 aliphatic rings. The highest BCUT2D eigenvalue weighted by atomic mass is 35.5. The van der Waals surface area contributed by atoms with Gasteiger partial charge in [0, 0.05) is 11.1 Å². The number of aryl methyl sites for hydroxylation is 1. The van der Waals surface area contributed by atoms with Crippen LogP contribution in [-0.4, -0.2) is 11.1 Å². The molecule has 0 fully saturated rings. The molecule has 0 atom stereocenters. The molecule has 0 aliphatic heterocycles. The summed E-state index contributed by atoms with van der Waals surface area (Å²) in [6.07, 6.45) is 0. The van der Waals surface area contributed by atoms with E-state index >= 15 is 0 Å². The van der Waals surface area contributed by atoms with Crippen molar-refractivity contribution in [2.45, 2.75) is 6.92 Å². The first-order chi connectivity index (χ1) is 8.97. The molecule has 19 heavy (non-hydrogen) atoms. The number of carbonyl (C=O) groups is 1. The zero-order chi connectivity index (χ0) is 14.0. The summed E-state index contributed by atoms with van der Waals surface area (Å²) in [7, 11) is 0. The zero-order valence-electron chi connectivity index (χ0n) is 9.98. The first-order valence-corrected chi connectivity index (χ1v) is 6.20. The summed E-state index contributed by atoms with van der Waals surface area (Å²) in [5.74, 6) is -0.0341. The van der Waals surface area contributed by atoms with E-state index in [0.29, 0.717) is 27.1 Å². The fraction of sp³-hybridized carbons (Fsp3) is 0.0714. The monoisotopic (exact) mass is 296 g/mol. The van der Waals surface area contributed by atoms with Crippen LogP contribution in [0.15, 0.2) is 36.4 Å². The van der Waals surface area contributed by atoms with Crippen LogP contribution in [0.25, 0.3) is 0 Å². The molecule has 5 heteroatoms. The summed E-state index contributed by atoms with van der Waals surface area (Å²) >= 11 is 11.9. The Kier molecular flexibility index (Phi) is 3.98. The third kappa shape index (κ3) is 3.19. The van der Waals surface area contributed by atoms with E-state index in [9.17, 15) is 4.79 Å². The Morgan fingerprint density at radius 1 is 1.16 bits per heavy atom. The van der Waals surface area contributed by atoms with Gasteiger partial charge in [-0.3, -0.25) is 0 Å². The minimum atomic E-state index is -0.968. The number of benzene rings is 2. The molecule has 0 aliphatic carbocycles. The molecule has 3 nitrogen and oxygen atoms in total. The molecule has 0 amide bonds. The zero-order valence-corrected chi connectivity index (χ0v) is 11.5. The Hall–Kier alpha value is -1.71. The Morgan fingerprint density at radius 3 is 2.53 bits per heavy atom. The van der Waals surface area contributed by atoms with Crippen molar-refractivity contribution in [3.05, 3.63) is 57.6 Å². The van der Waals surface area contributed by atoms with Crippen molar-refractivity contribution >= 4 is 29.2 Å². The fourth-order valence-corrected chi connectivity index (χ4v) is 1.94. The van der Waals surface area contributed by atoms with Gasteiger partial charge in [-0.05, 0) is 42.8 Å². The van der Waals surface area contributed by atoms with Crippen LogP contribution in [0.3, 0.4) is 0 Å². The average molecular weight is 297 g/mol. The minimum Gasteiger partial charge on any atom is -0.478 e. The lowest BCUT2D eigenvalue weighted by molar-refractivity contribution is 0.0696. The van der Waals surface area contributed by atoms with Gasteiger partial charge in [-0.2, -0.15) is 0 Å². The second-order valence-electron chi connectivity index (χ2n) is 3.96. The van der Waals surface area contributed by atoms with Gasteiger partial charge in [0.25, 0.3) is 0 Å². The molecule has 0 bridgehead atoms. The molecular formula is C14H10Cl2O3. The third-order valence-corrected chi connectivity index (χ3v) is 3.10. The molecule has 0 radical (unpaired) electrons. The van der Waals surface area contributed by atoms with Crippen LogP contribution in [0.5, 0.6) is 11.5 Å². The topological polar surface area (TPSA) is 46.5 Å². The summed E-state index contributed by atoms with van der Waals surface area (Å²) in [5, 5.41) is 9.89. The molecule has 0 unspecified atom stereocenters. The number of rotatable bonds is 3. The molecule has 0 saturated carbocycles. The van der Waals surface area contributed by atoms with E-state index in [1.165, 1.54) is 6.07 Å². The quantitative estimate of drug-likeness (QED) is 0.885. The summed E-state index contributed by atoms with van der Waals surface area (Å²) in [4.78, 5) is 10.9. The predicted octanol–water partition coefficient (Wildman–Crippen LogP) is 4.79. The van der Waals surface area contributed by atoms with E-state index < -0.39 is 5.97 Å². The van der Waals surface area contributed by atoms with Crippen LogP contribution in [0.2, 0.25) is 10.0 Å². The molecule has 0 aromatic heterocycles. The van der Waals surface area contributed by atoms with E-state index in [1.54, 1.807) is 37.3 Å². The maximum absolute atomic E-state index is 10.9. The number of halogens is 2. The van der Waals surface area contributed by atoms with Gasteiger partial charge in [0.1, 0.15) is 11.5 Å². The number of carboxylic acid groups (broad SMARTS) is 1. The van der Waals surface area contributed by atoms with Crippen molar-refractivity contribution in [1.29, 1.82) is 0 Å². The van der Waals surface area contributed by atoms with Crippen molar-refractivity contribution in [2.75, 3.05) is 0 Å². The second-order valence-corrected chi connectivity index (χ2v) is 4.80. The number of carboxylic acids is 1. The molecule has 98 valence electrons. The predicted molar refractivity (Wildman–Crippen MR) is 74.7 cm³/mol. The first-order valence-electron chi connectivity index (χ1n) is 5.44. The van der Waals surface area contributed by atoms with Crippen molar-refractivity contribution < 1.29 is 14.6 Å². The lowest BCUT2D eigenvalue weighted by Crippen LogP contribution is -1.99. The molecule has 0 spiro atoms. The van der Waals surface area contributed by atoms with Crippen molar-refractivity contribution in [3.63, 3.8) is 0 Å². The van der Waals surface area contributed by atoms with Crippen LogP contribution in [0.4, 0.5) is 0 Å². The van der Waals surface area contributed by atoms with E-state index in [-0.39, 0.29) is 5.56 Å². The number of hydrogen-bond donors (Lipinski definition) is 1.